The van der Waals surface area contributed by atoms with Crippen LogP contribution in [0, 0.1) is 17.8 Å². The zero-order valence-electron chi connectivity index (χ0n) is 15.2. The number of aliphatic hydroxyl groups excluding tert-OH is 1. The van der Waals surface area contributed by atoms with Crippen LogP contribution in [0.2, 0.25) is 0 Å². The Morgan fingerprint density at radius 1 is 1.35 bits per heavy atom. The summed E-state index contributed by atoms with van der Waals surface area (Å²) in [5, 5.41) is 10.5. The average Bonchev–Trinajstić information content (AvgIpc) is 2.95. The normalized spacial score (nSPS) is 46.8. The Kier molecular flexibility index (Phi) is 3.72. The third kappa shape index (κ3) is 2.32. The molecule has 26 heavy (non-hydrogen) atoms. The largest absolute Gasteiger partial charge is 0.459 e. The topological polar surface area (TPSA) is 85.4 Å². The molecule has 2 saturated heterocycles. The lowest BCUT2D eigenvalue weighted by Gasteiger charge is -2.29. The Morgan fingerprint density at radius 2 is 2.00 bits per heavy atom. The Balaban J connectivity index is 1.68. The lowest BCUT2D eigenvalue weighted by Crippen LogP contribution is -2.39. The van der Waals surface area contributed by atoms with Crippen molar-refractivity contribution in [3.8, 4) is 0 Å². The lowest BCUT2D eigenvalue weighted by molar-refractivity contribution is -0.158. The number of hydrogen-bond donors (Lipinski definition) is 1. The first-order valence-corrected chi connectivity index (χ1v) is 8.98. The van der Waals surface area contributed by atoms with Crippen LogP contribution in [-0.4, -0.2) is 47.1 Å². The molecule has 0 bridgehead atoms. The molecule has 8 atom stereocenters. The minimum Gasteiger partial charge on any atom is -0.459 e. The Morgan fingerprint density at radius 3 is 2.62 bits per heavy atom. The molecule has 6 heteroatoms. The van der Waals surface area contributed by atoms with E-state index >= 15 is 0 Å². The Hall–Kier alpha value is -1.92. The highest BCUT2D eigenvalue weighted by Crippen LogP contribution is 2.51. The molecule has 8 unspecified atom stereocenters. The molecular weight excluding hydrogens is 336 g/mol. The highest BCUT2D eigenvalue weighted by atomic mass is 16.7. The van der Waals surface area contributed by atoms with Gasteiger partial charge >= 0.3 is 11.9 Å². The summed E-state index contributed by atoms with van der Waals surface area (Å²) in [5.41, 5.74) is 1.12. The second kappa shape index (κ2) is 5.54. The molecule has 0 aromatic rings. The standard InChI is InChI=1S/C20H24O6/c1-8-6-12(21)14-9(2)7-13(24-19(23)20(5)11(4)26-20)16-10(3)18(22)25-17(16)15(8)14/h6,11-17,21H,2-3,7H2,1,4-5H3. The predicted octanol–water partition coefficient (Wildman–Crippen LogP) is 1.69. The maximum absolute atomic E-state index is 12.6. The molecule has 0 radical (unpaired) electrons. The van der Waals surface area contributed by atoms with Gasteiger partial charge in [0, 0.05) is 23.8 Å². The van der Waals surface area contributed by atoms with E-state index in [1.807, 2.05) is 13.8 Å². The van der Waals surface area contributed by atoms with Crippen molar-refractivity contribution >= 4 is 11.9 Å². The SMILES string of the molecule is C=C1C(=O)OC2C1C(OC(=O)C1(C)OC1C)CC(=C)C1C(O)C=C(C)C21. The number of ether oxygens (including phenoxy) is 3. The fourth-order valence-electron chi connectivity index (χ4n) is 4.72. The Labute approximate surface area is 152 Å². The summed E-state index contributed by atoms with van der Waals surface area (Å²) in [6.45, 7) is 13.4. The van der Waals surface area contributed by atoms with Gasteiger partial charge in [-0.25, -0.2) is 9.59 Å². The molecule has 2 heterocycles. The number of carbonyl (C=O) groups is 2. The highest BCUT2D eigenvalue weighted by Gasteiger charge is 2.60. The van der Waals surface area contributed by atoms with Crippen molar-refractivity contribution < 1.29 is 28.9 Å². The first-order valence-electron chi connectivity index (χ1n) is 8.98. The maximum atomic E-state index is 12.6. The lowest BCUT2D eigenvalue weighted by atomic mass is 9.79. The smallest absolute Gasteiger partial charge is 0.341 e. The number of aliphatic hydroxyl groups is 1. The molecule has 4 aliphatic rings. The fraction of sp³-hybridized carbons (Fsp3) is 0.600. The first-order chi connectivity index (χ1) is 12.1. The molecule has 140 valence electrons. The number of carbonyl (C=O) groups excluding carboxylic acids is 2. The van der Waals surface area contributed by atoms with Crippen LogP contribution in [0.4, 0.5) is 0 Å². The van der Waals surface area contributed by atoms with E-state index in [1.54, 1.807) is 13.0 Å². The molecular formula is C20H24O6. The number of epoxide rings is 1. The van der Waals surface area contributed by atoms with E-state index in [0.29, 0.717) is 12.0 Å². The molecule has 0 amide bonds. The highest BCUT2D eigenvalue weighted by molar-refractivity contribution is 5.91. The number of esters is 2. The monoisotopic (exact) mass is 360 g/mol. The number of rotatable bonds is 2. The Bertz CT molecular complexity index is 751. The molecule has 4 rings (SSSR count). The zero-order chi connectivity index (χ0) is 19.0. The molecule has 3 fully saturated rings. The van der Waals surface area contributed by atoms with Gasteiger partial charge in [0.25, 0.3) is 0 Å². The first kappa shape index (κ1) is 17.5. The van der Waals surface area contributed by atoms with Crippen molar-refractivity contribution in [2.45, 2.75) is 57.2 Å². The van der Waals surface area contributed by atoms with Gasteiger partial charge in [0.05, 0.1) is 18.1 Å². The van der Waals surface area contributed by atoms with Gasteiger partial charge < -0.3 is 19.3 Å². The van der Waals surface area contributed by atoms with Crippen LogP contribution >= 0.6 is 0 Å². The third-order valence-electron chi connectivity index (χ3n) is 6.47. The average molecular weight is 360 g/mol. The second-order valence-electron chi connectivity index (χ2n) is 8.05. The summed E-state index contributed by atoms with van der Waals surface area (Å²) >= 11 is 0. The van der Waals surface area contributed by atoms with Gasteiger partial charge in [0.1, 0.15) is 12.2 Å². The van der Waals surface area contributed by atoms with E-state index in [0.717, 1.165) is 11.1 Å². The van der Waals surface area contributed by atoms with Crippen LogP contribution in [0.1, 0.15) is 27.2 Å². The third-order valence-corrected chi connectivity index (χ3v) is 6.47. The van der Waals surface area contributed by atoms with Gasteiger partial charge in [-0.2, -0.15) is 0 Å². The van der Waals surface area contributed by atoms with E-state index in [-0.39, 0.29) is 17.9 Å². The summed E-state index contributed by atoms with van der Waals surface area (Å²) in [7, 11) is 0. The van der Waals surface area contributed by atoms with Crippen molar-refractivity contribution in [2.24, 2.45) is 17.8 Å². The van der Waals surface area contributed by atoms with Gasteiger partial charge in [0.15, 0.2) is 5.60 Å². The molecule has 0 aromatic carbocycles. The molecule has 1 saturated carbocycles. The molecule has 0 spiro atoms. The van der Waals surface area contributed by atoms with Crippen LogP contribution in [-0.2, 0) is 23.8 Å². The van der Waals surface area contributed by atoms with Crippen molar-refractivity contribution in [3.63, 3.8) is 0 Å². The minimum absolute atomic E-state index is 0.180. The number of fused-ring (bicyclic) bond motifs is 3. The zero-order valence-corrected chi connectivity index (χ0v) is 15.2. The van der Waals surface area contributed by atoms with Gasteiger partial charge in [-0.15, -0.1) is 0 Å². The van der Waals surface area contributed by atoms with E-state index < -0.39 is 41.8 Å². The van der Waals surface area contributed by atoms with E-state index in [2.05, 4.69) is 13.2 Å². The van der Waals surface area contributed by atoms with Gasteiger partial charge in [-0.3, -0.25) is 0 Å². The summed E-state index contributed by atoms with van der Waals surface area (Å²) in [4.78, 5) is 24.8. The van der Waals surface area contributed by atoms with Crippen LogP contribution in [0.5, 0.6) is 0 Å². The fourth-order valence-corrected chi connectivity index (χ4v) is 4.72. The van der Waals surface area contributed by atoms with Crippen LogP contribution in [0.25, 0.3) is 0 Å². The quantitative estimate of drug-likeness (QED) is 0.349. The van der Waals surface area contributed by atoms with E-state index in [1.165, 1.54) is 0 Å². The van der Waals surface area contributed by atoms with Crippen LogP contribution < -0.4 is 0 Å². The molecule has 0 aromatic heterocycles. The summed E-state index contributed by atoms with van der Waals surface area (Å²) < 4.78 is 16.8. The summed E-state index contributed by atoms with van der Waals surface area (Å²) in [5.74, 6) is -1.81. The molecule has 2 aliphatic carbocycles. The van der Waals surface area contributed by atoms with Crippen molar-refractivity contribution in [3.05, 3.63) is 36.0 Å². The van der Waals surface area contributed by atoms with Gasteiger partial charge in [-0.05, 0) is 20.8 Å². The summed E-state index contributed by atoms with van der Waals surface area (Å²) in [6.07, 6.45) is 0.134. The minimum atomic E-state index is -0.945. The molecule has 1 N–H and O–H groups in total. The molecule has 6 nitrogen and oxygen atoms in total. The van der Waals surface area contributed by atoms with Gasteiger partial charge in [-0.1, -0.05) is 30.4 Å². The summed E-state index contributed by atoms with van der Waals surface area (Å²) in [6, 6.07) is 0. The van der Waals surface area contributed by atoms with Crippen molar-refractivity contribution in [2.75, 3.05) is 0 Å². The van der Waals surface area contributed by atoms with Gasteiger partial charge in [0.2, 0.25) is 0 Å². The maximum Gasteiger partial charge on any atom is 0.341 e. The van der Waals surface area contributed by atoms with E-state index in [9.17, 15) is 14.7 Å². The van der Waals surface area contributed by atoms with Crippen molar-refractivity contribution in [1.82, 2.24) is 0 Å². The second-order valence-corrected chi connectivity index (χ2v) is 8.05. The van der Waals surface area contributed by atoms with Crippen molar-refractivity contribution in [1.29, 1.82) is 0 Å². The molecule has 2 aliphatic heterocycles. The van der Waals surface area contributed by atoms with E-state index in [4.69, 9.17) is 14.2 Å². The van der Waals surface area contributed by atoms with Crippen LogP contribution in [0.15, 0.2) is 36.0 Å². The van der Waals surface area contributed by atoms with Crippen LogP contribution in [0.3, 0.4) is 0 Å². The predicted molar refractivity (Wildman–Crippen MR) is 91.8 cm³/mol. The number of hydrogen-bond acceptors (Lipinski definition) is 6.